The van der Waals surface area contributed by atoms with Crippen LogP contribution in [0, 0.1) is 0 Å². The SMILES string of the molecule is Br.CCCCCCCCCCCCCCCCNCC=CN1CCCCC1. The number of hydrogen-bond acceptors (Lipinski definition) is 2. The topological polar surface area (TPSA) is 15.3 Å². The molecule has 0 amide bonds. The summed E-state index contributed by atoms with van der Waals surface area (Å²) >= 11 is 0. The van der Waals surface area contributed by atoms with E-state index in [4.69, 9.17) is 0 Å². The lowest BCUT2D eigenvalue weighted by molar-refractivity contribution is 0.309. The predicted molar refractivity (Wildman–Crippen MR) is 128 cm³/mol. The first-order valence-electron chi connectivity index (χ1n) is 12.0. The number of piperidine rings is 1. The second kappa shape index (κ2) is 22.3. The maximum atomic E-state index is 3.55. The van der Waals surface area contributed by atoms with Crippen molar-refractivity contribution in [3.05, 3.63) is 12.3 Å². The molecule has 0 aromatic carbocycles. The van der Waals surface area contributed by atoms with Gasteiger partial charge in [0.05, 0.1) is 0 Å². The largest absolute Gasteiger partial charge is 0.378 e. The third-order valence-electron chi connectivity index (χ3n) is 5.68. The van der Waals surface area contributed by atoms with Crippen LogP contribution in [0.3, 0.4) is 0 Å². The van der Waals surface area contributed by atoms with E-state index >= 15 is 0 Å². The molecule has 0 unspecified atom stereocenters. The molecule has 0 aliphatic carbocycles. The Bertz CT molecular complexity index is 301. The highest BCUT2D eigenvalue weighted by Crippen LogP contribution is 2.12. The van der Waals surface area contributed by atoms with Crippen molar-refractivity contribution in [1.82, 2.24) is 10.2 Å². The fourth-order valence-corrected chi connectivity index (χ4v) is 3.90. The van der Waals surface area contributed by atoms with Crippen molar-refractivity contribution in [1.29, 1.82) is 0 Å². The van der Waals surface area contributed by atoms with Crippen LogP contribution in [0.15, 0.2) is 12.3 Å². The second-order valence-corrected chi connectivity index (χ2v) is 8.28. The van der Waals surface area contributed by atoms with Crippen LogP contribution in [0.4, 0.5) is 0 Å². The lowest BCUT2D eigenvalue weighted by Crippen LogP contribution is -2.24. The highest BCUT2D eigenvalue weighted by atomic mass is 79.9. The Kier molecular flexibility index (Phi) is 22.3. The van der Waals surface area contributed by atoms with Gasteiger partial charge < -0.3 is 10.2 Å². The summed E-state index contributed by atoms with van der Waals surface area (Å²) in [5.74, 6) is 0. The zero-order valence-electron chi connectivity index (χ0n) is 18.4. The van der Waals surface area contributed by atoms with E-state index in [9.17, 15) is 0 Å². The van der Waals surface area contributed by atoms with Gasteiger partial charge in [0.25, 0.3) is 0 Å². The summed E-state index contributed by atoms with van der Waals surface area (Å²) in [5, 5.41) is 3.55. The summed E-state index contributed by atoms with van der Waals surface area (Å²) in [7, 11) is 0. The van der Waals surface area contributed by atoms with Gasteiger partial charge >= 0.3 is 0 Å². The van der Waals surface area contributed by atoms with Crippen molar-refractivity contribution in [2.24, 2.45) is 0 Å². The van der Waals surface area contributed by atoms with Gasteiger partial charge in [-0.3, -0.25) is 0 Å². The van der Waals surface area contributed by atoms with Crippen molar-refractivity contribution in [2.45, 2.75) is 116 Å². The van der Waals surface area contributed by atoms with E-state index in [1.54, 1.807) is 0 Å². The van der Waals surface area contributed by atoms with Crippen molar-refractivity contribution in [3.8, 4) is 0 Å². The first kappa shape index (κ1) is 27.0. The van der Waals surface area contributed by atoms with E-state index in [0.29, 0.717) is 0 Å². The van der Waals surface area contributed by atoms with Crippen LogP contribution >= 0.6 is 17.0 Å². The zero-order chi connectivity index (χ0) is 18.5. The summed E-state index contributed by atoms with van der Waals surface area (Å²) in [6.45, 7) is 7.04. The number of rotatable bonds is 18. The Hall–Kier alpha value is -0.0200. The molecule has 27 heavy (non-hydrogen) atoms. The van der Waals surface area contributed by atoms with E-state index in [2.05, 4.69) is 29.4 Å². The van der Waals surface area contributed by atoms with Gasteiger partial charge in [-0.25, -0.2) is 0 Å². The normalized spacial score (nSPS) is 14.6. The minimum absolute atomic E-state index is 0. The van der Waals surface area contributed by atoms with Gasteiger partial charge in [0.1, 0.15) is 0 Å². The zero-order valence-corrected chi connectivity index (χ0v) is 20.1. The Morgan fingerprint density at radius 3 is 1.67 bits per heavy atom. The molecule has 3 heteroatoms. The molecular formula is C24H49BrN2. The average molecular weight is 446 g/mol. The van der Waals surface area contributed by atoms with Gasteiger partial charge in [-0.1, -0.05) is 96.5 Å². The first-order chi connectivity index (χ1) is 12.9. The molecule has 0 aromatic heterocycles. The lowest BCUT2D eigenvalue weighted by Gasteiger charge is -2.24. The summed E-state index contributed by atoms with van der Waals surface area (Å²) in [4.78, 5) is 2.47. The van der Waals surface area contributed by atoms with Crippen molar-refractivity contribution in [2.75, 3.05) is 26.2 Å². The molecule has 1 rings (SSSR count). The number of nitrogens with one attached hydrogen (secondary N) is 1. The van der Waals surface area contributed by atoms with Crippen LogP contribution in [0.5, 0.6) is 0 Å². The molecule has 0 atom stereocenters. The van der Waals surface area contributed by atoms with Crippen LogP contribution in [-0.2, 0) is 0 Å². The van der Waals surface area contributed by atoms with E-state index in [-0.39, 0.29) is 17.0 Å². The van der Waals surface area contributed by atoms with Crippen LogP contribution < -0.4 is 5.32 Å². The highest BCUT2D eigenvalue weighted by molar-refractivity contribution is 8.93. The molecular weight excluding hydrogens is 396 g/mol. The van der Waals surface area contributed by atoms with Crippen LogP contribution in [0.1, 0.15) is 116 Å². The van der Waals surface area contributed by atoms with E-state index in [1.165, 1.54) is 129 Å². The van der Waals surface area contributed by atoms with Crippen molar-refractivity contribution < 1.29 is 0 Å². The number of unbranched alkanes of at least 4 members (excludes halogenated alkanes) is 13. The number of halogens is 1. The quantitative estimate of drug-likeness (QED) is 0.218. The fraction of sp³-hybridized carbons (Fsp3) is 0.917. The predicted octanol–water partition coefficient (Wildman–Crippen LogP) is 7.63. The third-order valence-corrected chi connectivity index (χ3v) is 5.68. The molecule has 1 aliphatic rings. The molecule has 0 radical (unpaired) electrons. The molecule has 0 aromatic rings. The van der Waals surface area contributed by atoms with Gasteiger partial charge in [-0.2, -0.15) is 0 Å². The maximum absolute atomic E-state index is 3.55. The fourth-order valence-electron chi connectivity index (χ4n) is 3.90. The Morgan fingerprint density at radius 1 is 0.667 bits per heavy atom. The third kappa shape index (κ3) is 19.1. The molecule has 1 heterocycles. The molecule has 162 valence electrons. The molecule has 1 fully saturated rings. The van der Waals surface area contributed by atoms with E-state index < -0.39 is 0 Å². The van der Waals surface area contributed by atoms with Crippen molar-refractivity contribution >= 4 is 17.0 Å². The summed E-state index contributed by atoms with van der Waals surface area (Å²) in [6, 6.07) is 0. The minimum atomic E-state index is 0. The number of nitrogens with zero attached hydrogens (tertiary/aromatic N) is 1. The second-order valence-electron chi connectivity index (χ2n) is 8.28. The van der Waals surface area contributed by atoms with Gasteiger partial charge in [0.15, 0.2) is 0 Å². The Morgan fingerprint density at radius 2 is 1.15 bits per heavy atom. The number of hydrogen-bond donors (Lipinski definition) is 1. The molecule has 1 saturated heterocycles. The standard InChI is InChI=1S/C24H48N2.BrH/c1-2-3-4-5-6-7-8-9-10-11-12-13-14-16-20-25-21-19-24-26-22-17-15-18-23-26;/h19,24-25H,2-18,20-23H2,1H3;1H. The molecule has 0 bridgehead atoms. The van der Waals surface area contributed by atoms with Gasteiger partial charge in [0, 0.05) is 19.6 Å². The monoisotopic (exact) mass is 444 g/mol. The Balaban J connectivity index is 0.00000676. The number of likely N-dealkylation sites (tertiary alicyclic amines) is 1. The minimum Gasteiger partial charge on any atom is -0.378 e. The summed E-state index contributed by atoms with van der Waals surface area (Å²) < 4.78 is 0. The van der Waals surface area contributed by atoms with Gasteiger partial charge in [0.2, 0.25) is 0 Å². The highest BCUT2D eigenvalue weighted by Gasteiger charge is 2.04. The van der Waals surface area contributed by atoms with Crippen molar-refractivity contribution in [3.63, 3.8) is 0 Å². The summed E-state index contributed by atoms with van der Waals surface area (Å²) in [6.07, 6.45) is 28.9. The smallest absolute Gasteiger partial charge is 0.0172 e. The maximum Gasteiger partial charge on any atom is 0.0172 e. The molecule has 2 nitrogen and oxygen atoms in total. The molecule has 1 aliphatic heterocycles. The van der Waals surface area contributed by atoms with Gasteiger partial charge in [-0.05, 0) is 38.4 Å². The average Bonchev–Trinajstić information content (AvgIpc) is 2.68. The first-order valence-corrected chi connectivity index (χ1v) is 12.0. The molecule has 0 saturated carbocycles. The van der Waals surface area contributed by atoms with Gasteiger partial charge in [-0.15, -0.1) is 17.0 Å². The lowest BCUT2D eigenvalue weighted by atomic mass is 10.0. The van der Waals surface area contributed by atoms with Crippen LogP contribution in [-0.4, -0.2) is 31.1 Å². The molecule has 0 spiro atoms. The van der Waals surface area contributed by atoms with E-state index in [1.807, 2.05) is 0 Å². The summed E-state index contributed by atoms with van der Waals surface area (Å²) in [5.41, 5.74) is 0. The van der Waals surface area contributed by atoms with Crippen LogP contribution in [0.25, 0.3) is 0 Å². The van der Waals surface area contributed by atoms with Crippen LogP contribution in [0.2, 0.25) is 0 Å². The molecule has 1 N–H and O–H groups in total. The Labute approximate surface area is 181 Å². The van der Waals surface area contributed by atoms with E-state index in [0.717, 1.165) is 6.54 Å².